The second-order valence-corrected chi connectivity index (χ2v) is 7.24. The average molecular weight is 322 g/mol. The highest BCUT2D eigenvalue weighted by Crippen LogP contribution is 2.25. The maximum atomic E-state index is 11.7. The third-order valence-corrected chi connectivity index (χ3v) is 4.12. The molecule has 1 rings (SSSR count). The number of carbonyl (C=O) groups excluding carboxylic acids is 2. The van der Waals surface area contributed by atoms with Gasteiger partial charge in [0.2, 0.25) is 11.8 Å². The van der Waals surface area contributed by atoms with Crippen molar-refractivity contribution in [2.24, 2.45) is 0 Å². The van der Waals surface area contributed by atoms with Gasteiger partial charge in [-0.15, -0.1) is 11.8 Å². The normalized spacial score (nSPS) is 11.1. The molecular weight excluding hydrogens is 296 g/mol. The molecule has 0 heterocycles. The smallest absolute Gasteiger partial charge is 0.239 e. The summed E-state index contributed by atoms with van der Waals surface area (Å²) in [6.07, 6.45) is 0.889. The molecule has 1 aromatic rings. The quantitative estimate of drug-likeness (QED) is 0.759. The second-order valence-electron chi connectivity index (χ2n) is 6.19. The van der Waals surface area contributed by atoms with Crippen molar-refractivity contribution in [3.63, 3.8) is 0 Å². The van der Waals surface area contributed by atoms with Gasteiger partial charge in [0.15, 0.2) is 0 Å². The van der Waals surface area contributed by atoms with Gasteiger partial charge in [0.25, 0.3) is 0 Å². The van der Waals surface area contributed by atoms with Crippen molar-refractivity contribution in [3.8, 4) is 0 Å². The maximum Gasteiger partial charge on any atom is 0.239 e. The van der Waals surface area contributed by atoms with Gasteiger partial charge in [0.05, 0.1) is 12.3 Å². The van der Waals surface area contributed by atoms with Gasteiger partial charge in [0.1, 0.15) is 0 Å². The van der Waals surface area contributed by atoms with E-state index in [2.05, 4.69) is 43.5 Å². The lowest BCUT2D eigenvalue weighted by atomic mass is 9.87. The lowest BCUT2D eigenvalue weighted by Gasteiger charge is -2.19. The Labute approximate surface area is 137 Å². The number of nitrogens with one attached hydrogen (secondary N) is 2. The monoisotopic (exact) mass is 322 g/mol. The van der Waals surface area contributed by atoms with Crippen molar-refractivity contribution in [1.82, 2.24) is 10.6 Å². The van der Waals surface area contributed by atoms with Gasteiger partial charge < -0.3 is 10.6 Å². The zero-order valence-corrected chi connectivity index (χ0v) is 14.7. The van der Waals surface area contributed by atoms with Crippen molar-refractivity contribution >= 4 is 23.6 Å². The van der Waals surface area contributed by atoms with E-state index in [0.29, 0.717) is 12.3 Å². The summed E-state index contributed by atoms with van der Waals surface area (Å²) in [6, 6.07) is 8.26. The Morgan fingerprint density at radius 3 is 2.23 bits per heavy atom. The van der Waals surface area contributed by atoms with E-state index in [9.17, 15) is 9.59 Å². The van der Waals surface area contributed by atoms with Crippen molar-refractivity contribution in [2.75, 3.05) is 18.8 Å². The van der Waals surface area contributed by atoms with Gasteiger partial charge in [-0.2, -0.15) is 0 Å². The molecule has 2 N–H and O–H groups in total. The van der Waals surface area contributed by atoms with Gasteiger partial charge in [-0.05, 0) is 29.5 Å². The van der Waals surface area contributed by atoms with E-state index >= 15 is 0 Å². The van der Waals surface area contributed by atoms with Crippen LogP contribution in [0.5, 0.6) is 0 Å². The van der Waals surface area contributed by atoms with E-state index in [-0.39, 0.29) is 23.8 Å². The molecule has 122 valence electrons. The molecule has 0 fully saturated rings. The minimum atomic E-state index is -0.144. The lowest BCUT2D eigenvalue weighted by molar-refractivity contribution is -0.124. The highest BCUT2D eigenvalue weighted by molar-refractivity contribution is 8.00. The molecule has 0 atom stereocenters. The third-order valence-electron chi connectivity index (χ3n) is 3.11. The molecule has 0 spiro atoms. The Kier molecular flexibility index (Phi) is 7.45. The molecule has 22 heavy (non-hydrogen) atoms. The summed E-state index contributed by atoms with van der Waals surface area (Å²) in [4.78, 5) is 24.1. The SMILES string of the molecule is CCCNC(=O)CNC(=O)CSc1ccc(C(C)(C)C)cc1. The van der Waals surface area contributed by atoms with Crippen LogP contribution in [0.4, 0.5) is 0 Å². The molecule has 0 saturated heterocycles. The van der Waals surface area contributed by atoms with Crippen LogP contribution in [-0.4, -0.2) is 30.7 Å². The van der Waals surface area contributed by atoms with Crippen LogP contribution >= 0.6 is 11.8 Å². The molecule has 0 bridgehead atoms. The van der Waals surface area contributed by atoms with E-state index in [1.54, 1.807) is 0 Å². The van der Waals surface area contributed by atoms with Crippen LogP contribution in [0.25, 0.3) is 0 Å². The first-order valence-corrected chi connectivity index (χ1v) is 8.58. The third kappa shape index (κ3) is 6.98. The molecule has 0 aliphatic heterocycles. The first-order chi connectivity index (χ1) is 10.3. The largest absolute Gasteiger partial charge is 0.355 e. The topological polar surface area (TPSA) is 58.2 Å². The summed E-state index contributed by atoms with van der Waals surface area (Å²) in [6.45, 7) is 9.19. The fourth-order valence-electron chi connectivity index (χ4n) is 1.76. The van der Waals surface area contributed by atoms with Crippen LogP contribution in [0.3, 0.4) is 0 Å². The van der Waals surface area contributed by atoms with Crippen LogP contribution in [0.15, 0.2) is 29.2 Å². The zero-order chi connectivity index (χ0) is 16.6. The van der Waals surface area contributed by atoms with Crippen molar-refractivity contribution in [3.05, 3.63) is 29.8 Å². The van der Waals surface area contributed by atoms with E-state index in [0.717, 1.165) is 11.3 Å². The second kappa shape index (κ2) is 8.83. The van der Waals surface area contributed by atoms with E-state index in [4.69, 9.17) is 0 Å². The summed E-state index contributed by atoms with van der Waals surface area (Å²) >= 11 is 1.47. The van der Waals surface area contributed by atoms with Gasteiger partial charge in [-0.25, -0.2) is 0 Å². The van der Waals surface area contributed by atoms with E-state index < -0.39 is 0 Å². The number of amides is 2. The van der Waals surface area contributed by atoms with Crippen molar-refractivity contribution < 1.29 is 9.59 Å². The molecule has 5 heteroatoms. The molecular formula is C17H26N2O2S. The van der Waals surface area contributed by atoms with Crippen LogP contribution in [0.2, 0.25) is 0 Å². The predicted molar refractivity (Wildman–Crippen MR) is 92.2 cm³/mol. The highest BCUT2D eigenvalue weighted by Gasteiger charge is 2.13. The predicted octanol–water partition coefficient (Wildman–Crippen LogP) is 2.72. The fourth-order valence-corrected chi connectivity index (χ4v) is 2.49. The van der Waals surface area contributed by atoms with Gasteiger partial charge in [0, 0.05) is 11.4 Å². The number of carbonyl (C=O) groups is 2. The first-order valence-electron chi connectivity index (χ1n) is 7.59. The standard InChI is InChI=1S/C17H26N2O2S/c1-5-10-18-15(20)11-19-16(21)12-22-14-8-6-13(7-9-14)17(2,3)4/h6-9H,5,10-12H2,1-4H3,(H,18,20)(H,19,21). The summed E-state index contributed by atoms with van der Waals surface area (Å²) in [5, 5.41) is 5.35. The van der Waals surface area contributed by atoms with Crippen molar-refractivity contribution in [1.29, 1.82) is 0 Å². The molecule has 0 radical (unpaired) electrons. The van der Waals surface area contributed by atoms with Crippen LogP contribution < -0.4 is 10.6 Å². The molecule has 0 aliphatic rings. The van der Waals surface area contributed by atoms with Crippen LogP contribution in [-0.2, 0) is 15.0 Å². The zero-order valence-electron chi connectivity index (χ0n) is 13.9. The molecule has 0 aromatic heterocycles. The Balaban J connectivity index is 2.33. The van der Waals surface area contributed by atoms with Crippen LogP contribution in [0, 0.1) is 0 Å². The van der Waals surface area contributed by atoms with Gasteiger partial charge >= 0.3 is 0 Å². The Hall–Kier alpha value is -1.49. The molecule has 0 unspecified atom stereocenters. The molecule has 0 saturated carbocycles. The average Bonchev–Trinajstić information content (AvgIpc) is 2.48. The fraction of sp³-hybridized carbons (Fsp3) is 0.529. The lowest BCUT2D eigenvalue weighted by Crippen LogP contribution is -2.37. The Morgan fingerprint density at radius 1 is 1.05 bits per heavy atom. The summed E-state index contributed by atoms with van der Waals surface area (Å²) < 4.78 is 0. The number of hydrogen-bond donors (Lipinski definition) is 2. The maximum absolute atomic E-state index is 11.7. The minimum absolute atomic E-state index is 0.0440. The number of benzene rings is 1. The van der Waals surface area contributed by atoms with Gasteiger partial charge in [-0.1, -0.05) is 39.8 Å². The Morgan fingerprint density at radius 2 is 1.68 bits per heavy atom. The van der Waals surface area contributed by atoms with E-state index in [1.807, 2.05) is 19.1 Å². The summed E-state index contributed by atoms with van der Waals surface area (Å²) in [5.74, 6) is 0.0434. The number of thioether (sulfide) groups is 1. The Bertz CT molecular complexity index is 492. The summed E-state index contributed by atoms with van der Waals surface area (Å²) in [7, 11) is 0. The van der Waals surface area contributed by atoms with Gasteiger partial charge in [-0.3, -0.25) is 9.59 Å². The van der Waals surface area contributed by atoms with Crippen molar-refractivity contribution in [2.45, 2.75) is 44.4 Å². The highest BCUT2D eigenvalue weighted by atomic mass is 32.2. The number of hydrogen-bond acceptors (Lipinski definition) is 3. The molecule has 1 aromatic carbocycles. The molecule has 0 aliphatic carbocycles. The minimum Gasteiger partial charge on any atom is -0.355 e. The van der Waals surface area contributed by atoms with Crippen LogP contribution in [0.1, 0.15) is 39.7 Å². The molecule has 2 amide bonds. The van der Waals surface area contributed by atoms with E-state index in [1.165, 1.54) is 17.3 Å². The summed E-state index contributed by atoms with van der Waals surface area (Å²) in [5.41, 5.74) is 1.40. The number of rotatable bonds is 7. The molecule has 4 nitrogen and oxygen atoms in total. The first kappa shape index (κ1) is 18.6.